The monoisotopic (exact) mass is 265 g/mol. The summed E-state index contributed by atoms with van der Waals surface area (Å²) >= 11 is 5.93. The number of nitrogens with zero attached hydrogens (tertiary/aromatic N) is 1. The Hall–Kier alpha value is -1.06. The van der Waals surface area contributed by atoms with Gasteiger partial charge < -0.3 is 9.64 Å². The molecular weight excluding hydrogens is 250 g/mol. The van der Waals surface area contributed by atoms with Crippen LogP contribution in [0, 0.1) is 5.92 Å². The molecule has 2 aliphatic heterocycles. The molecular formula is C14H16ClNO2. The minimum absolute atomic E-state index is 0.0266. The van der Waals surface area contributed by atoms with E-state index >= 15 is 0 Å². The molecule has 0 spiro atoms. The number of hydrogen-bond acceptors (Lipinski definition) is 2. The Morgan fingerprint density at radius 1 is 1.39 bits per heavy atom. The molecule has 0 aromatic heterocycles. The molecule has 2 aliphatic rings. The largest absolute Gasteiger partial charge is 0.351 e. The van der Waals surface area contributed by atoms with Gasteiger partial charge >= 0.3 is 0 Å². The summed E-state index contributed by atoms with van der Waals surface area (Å²) in [6.45, 7) is 3.46. The van der Waals surface area contributed by atoms with Gasteiger partial charge in [-0.3, -0.25) is 4.79 Å². The SMILES string of the molecule is C[C@@H]1C[C@@]2(c3ccc(Cl)cc3)OCCCN2C1=O. The zero-order chi connectivity index (χ0) is 12.8. The van der Waals surface area contributed by atoms with Crippen LogP contribution in [0.2, 0.25) is 5.02 Å². The maximum Gasteiger partial charge on any atom is 0.228 e. The van der Waals surface area contributed by atoms with E-state index < -0.39 is 5.72 Å². The second-order valence-corrected chi connectivity index (χ2v) is 5.52. The molecule has 4 heteroatoms. The van der Waals surface area contributed by atoms with Gasteiger partial charge in [0.25, 0.3) is 0 Å². The molecule has 3 rings (SSSR count). The molecule has 0 aliphatic carbocycles. The molecule has 96 valence electrons. The van der Waals surface area contributed by atoms with E-state index in [4.69, 9.17) is 16.3 Å². The number of rotatable bonds is 1. The first kappa shape index (κ1) is 12.0. The Morgan fingerprint density at radius 3 is 2.83 bits per heavy atom. The fourth-order valence-corrected chi connectivity index (χ4v) is 3.14. The van der Waals surface area contributed by atoms with E-state index in [1.807, 2.05) is 36.1 Å². The first-order chi connectivity index (χ1) is 8.63. The summed E-state index contributed by atoms with van der Waals surface area (Å²) < 4.78 is 6.02. The molecule has 1 aromatic rings. The lowest BCUT2D eigenvalue weighted by Gasteiger charge is -2.42. The Balaban J connectivity index is 2.05. The topological polar surface area (TPSA) is 29.5 Å². The zero-order valence-corrected chi connectivity index (χ0v) is 11.1. The quantitative estimate of drug-likeness (QED) is 0.781. The van der Waals surface area contributed by atoms with Crippen molar-refractivity contribution in [2.45, 2.75) is 25.5 Å². The highest BCUT2D eigenvalue weighted by Gasteiger charge is 2.52. The van der Waals surface area contributed by atoms with Crippen molar-refractivity contribution in [3.05, 3.63) is 34.9 Å². The van der Waals surface area contributed by atoms with Crippen molar-refractivity contribution in [2.75, 3.05) is 13.2 Å². The molecule has 2 heterocycles. The number of ether oxygens (including phenoxy) is 1. The van der Waals surface area contributed by atoms with E-state index in [1.165, 1.54) is 0 Å². The first-order valence-electron chi connectivity index (χ1n) is 6.35. The average Bonchev–Trinajstić information content (AvgIpc) is 2.64. The number of carbonyl (C=O) groups is 1. The fourth-order valence-electron chi connectivity index (χ4n) is 3.02. The highest BCUT2D eigenvalue weighted by Crippen LogP contribution is 2.45. The van der Waals surface area contributed by atoms with Gasteiger partial charge in [0.1, 0.15) is 0 Å². The number of halogens is 1. The summed E-state index contributed by atoms with van der Waals surface area (Å²) in [5.74, 6) is 0.225. The van der Waals surface area contributed by atoms with Gasteiger partial charge in [-0.05, 0) is 18.6 Å². The minimum Gasteiger partial charge on any atom is -0.351 e. The summed E-state index contributed by atoms with van der Waals surface area (Å²) in [7, 11) is 0. The lowest BCUT2D eigenvalue weighted by Crippen LogP contribution is -2.49. The summed E-state index contributed by atoms with van der Waals surface area (Å²) in [6.07, 6.45) is 1.64. The van der Waals surface area contributed by atoms with Crippen molar-refractivity contribution < 1.29 is 9.53 Å². The molecule has 0 unspecified atom stereocenters. The van der Waals surface area contributed by atoms with Crippen LogP contribution < -0.4 is 0 Å². The Kier molecular flexibility index (Phi) is 2.83. The molecule has 18 heavy (non-hydrogen) atoms. The lowest BCUT2D eigenvalue weighted by molar-refractivity contribution is -0.183. The smallest absolute Gasteiger partial charge is 0.228 e. The second-order valence-electron chi connectivity index (χ2n) is 5.09. The van der Waals surface area contributed by atoms with Gasteiger partial charge in [0, 0.05) is 29.5 Å². The highest BCUT2D eigenvalue weighted by atomic mass is 35.5. The Labute approximate surface area is 112 Å². The van der Waals surface area contributed by atoms with Crippen LogP contribution in [0.25, 0.3) is 0 Å². The standard InChI is InChI=1S/C14H16ClNO2/c1-10-9-14(11-3-5-12(15)6-4-11)16(13(10)17)7-2-8-18-14/h3-6,10H,2,7-9H2,1H3/t10-,14+/m1/s1. The Morgan fingerprint density at radius 2 is 2.11 bits per heavy atom. The van der Waals surface area contributed by atoms with Crippen molar-refractivity contribution in [3.8, 4) is 0 Å². The number of amides is 1. The van der Waals surface area contributed by atoms with Gasteiger partial charge in [0.15, 0.2) is 5.72 Å². The van der Waals surface area contributed by atoms with Gasteiger partial charge in [-0.15, -0.1) is 0 Å². The van der Waals surface area contributed by atoms with Crippen molar-refractivity contribution in [1.29, 1.82) is 0 Å². The number of benzene rings is 1. The van der Waals surface area contributed by atoms with E-state index in [0.29, 0.717) is 11.6 Å². The van der Waals surface area contributed by atoms with Crippen LogP contribution in [0.3, 0.4) is 0 Å². The van der Waals surface area contributed by atoms with Crippen molar-refractivity contribution in [1.82, 2.24) is 4.90 Å². The number of carbonyl (C=O) groups excluding carboxylic acids is 1. The van der Waals surface area contributed by atoms with Gasteiger partial charge in [-0.1, -0.05) is 30.7 Å². The van der Waals surface area contributed by atoms with Crippen LogP contribution in [0.4, 0.5) is 0 Å². The summed E-state index contributed by atoms with van der Waals surface area (Å²) in [5.41, 5.74) is 0.476. The molecule has 2 atom stereocenters. The molecule has 1 amide bonds. The average molecular weight is 266 g/mol. The number of hydrogen-bond donors (Lipinski definition) is 0. The maximum atomic E-state index is 12.2. The van der Waals surface area contributed by atoms with E-state index in [1.54, 1.807) is 0 Å². The van der Waals surface area contributed by atoms with Crippen LogP contribution in [0.5, 0.6) is 0 Å². The van der Waals surface area contributed by atoms with E-state index in [2.05, 4.69) is 0 Å². The van der Waals surface area contributed by atoms with Crippen LogP contribution in [0.15, 0.2) is 24.3 Å². The van der Waals surface area contributed by atoms with Crippen LogP contribution in [-0.2, 0) is 15.3 Å². The highest BCUT2D eigenvalue weighted by molar-refractivity contribution is 6.30. The number of fused-ring (bicyclic) bond motifs is 1. The summed E-state index contributed by atoms with van der Waals surface area (Å²) in [5, 5.41) is 0.704. The van der Waals surface area contributed by atoms with E-state index in [9.17, 15) is 4.79 Å². The zero-order valence-electron chi connectivity index (χ0n) is 10.4. The molecule has 3 nitrogen and oxygen atoms in total. The predicted octanol–water partition coefficient (Wildman–Crippen LogP) is 2.78. The molecule has 2 saturated heterocycles. The third kappa shape index (κ3) is 1.65. The second kappa shape index (κ2) is 4.25. The van der Waals surface area contributed by atoms with Crippen LogP contribution in [0.1, 0.15) is 25.3 Å². The predicted molar refractivity (Wildman–Crippen MR) is 69.2 cm³/mol. The van der Waals surface area contributed by atoms with Crippen molar-refractivity contribution in [3.63, 3.8) is 0 Å². The van der Waals surface area contributed by atoms with Crippen LogP contribution >= 0.6 is 11.6 Å². The van der Waals surface area contributed by atoms with Gasteiger partial charge in [-0.25, -0.2) is 0 Å². The van der Waals surface area contributed by atoms with Crippen molar-refractivity contribution in [2.24, 2.45) is 5.92 Å². The maximum absolute atomic E-state index is 12.2. The minimum atomic E-state index is -0.556. The van der Waals surface area contributed by atoms with E-state index in [0.717, 1.165) is 24.9 Å². The molecule has 0 N–H and O–H groups in total. The van der Waals surface area contributed by atoms with Crippen LogP contribution in [-0.4, -0.2) is 24.0 Å². The normalized spacial score (nSPS) is 31.6. The van der Waals surface area contributed by atoms with Gasteiger partial charge in [0.2, 0.25) is 5.91 Å². The molecule has 1 aromatic carbocycles. The summed E-state index contributed by atoms with van der Waals surface area (Å²) in [6, 6.07) is 7.64. The molecule has 0 bridgehead atoms. The Bertz CT molecular complexity index is 473. The van der Waals surface area contributed by atoms with Gasteiger partial charge in [0.05, 0.1) is 6.61 Å². The van der Waals surface area contributed by atoms with E-state index in [-0.39, 0.29) is 11.8 Å². The first-order valence-corrected chi connectivity index (χ1v) is 6.73. The summed E-state index contributed by atoms with van der Waals surface area (Å²) in [4.78, 5) is 14.1. The molecule has 0 radical (unpaired) electrons. The lowest BCUT2D eigenvalue weighted by atomic mass is 9.95. The third-order valence-electron chi connectivity index (χ3n) is 3.87. The molecule has 0 saturated carbocycles. The third-order valence-corrected chi connectivity index (χ3v) is 4.12. The fraction of sp³-hybridized carbons (Fsp3) is 0.500. The van der Waals surface area contributed by atoms with Gasteiger partial charge in [-0.2, -0.15) is 0 Å². The molecule has 2 fully saturated rings. The van der Waals surface area contributed by atoms with Crippen molar-refractivity contribution >= 4 is 17.5 Å².